The van der Waals surface area contributed by atoms with Gasteiger partial charge in [-0.2, -0.15) is 0 Å². The van der Waals surface area contributed by atoms with Gasteiger partial charge in [-0.1, -0.05) is 27.6 Å². The molecule has 1 aliphatic rings. The number of aromatic nitrogens is 1. The van der Waals surface area contributed by atoms with Crippen molar-refractivity contribution in [1.29, 1.82) is 0 Å². The van der Waals surface area contributed by atoms with E-state index < -0.39 is 10.0 Å². The van der Waals surface area contributed by atoms with Gasteiger partial charge in [-0.05, 0) is 61.4 Å². The number of sulfonamides is 1. The van der Waals surface area contributed by atoms with Crippen LogP contribution in [0.5, 0.6) is 0 Å². The van der Waals surface area contributed by atoms with Gasteiger partial charge < -0.3 is 0 Å². The molecule has 0 N–H and O–H groups in total. The molecule has 3 aromatic rings. The van der Waals surface area contributed by atoms with E-state index in [1.807, 2.05) is 19.1 Å². The summed E-state index contributed by atoms with van der Waals surface area (Å²) in [6.07, 6.45) is 0.683. The Morgan fingerprint density at radius 3 is 2.58 bits per heavy atom. The van der Waals surface area contributed by atoms with E-state index in [0.717, 1.165) is 20.9 Å². The number of fused-ring (bicyclic) bond motifs is 2. The van der Waals surface area contributed by atoms with E-state index in [1.54, 1.807) is 24.3 Å². The van der Waals surface area contributed by atoms with E-state index in [2.05, 4.69) is 33.0 Å². The van der Waals surface area contributed by atoms with E-state index in [4.69, 9.17) is 0 Å². The highest BCUT2D eigenvalue weighted by Crippen LogP contribution is 2.34. The number of hydrogen-bond acceptors (Lipinski definition) is 3. The van der Waals surface area contributed by atoms with Crippen LogP contribution in [0, 0.1) is 6.92 Å². The summed E-state index contributed by atoms with van der Waals surface area (Å²) < 4.78 is 28.2. The lowest BCUT2D eigenvalue weighted by Gasteiger charge is -2.19. The fourth-order valence-electron chi connectivity index (χ4n) is 3.03. The number of nitrogens with zero attached hydrogens (tertiary/aromatic N) is 2. The van der Waals surface area contributed by atoms with Crippen LogP contribution < -0.4 is 4.31 Å². The van der Waals surface area contributed by atoms with E-state index in [0.29, 0.717) is 18.8 Å². The number of anilines is 1. The molecule has 0 bridgehead atoms. The number of hydrogen-bond donors (Lipinski definition) is 0. The molecule has 24 heavy (non-hydrogen) atoms. The van der Waals surface area contributed by atoms with Crippen molar-refractivity contribution in [3.8, 4) is 0 Å². The summed E-state index contributed by atoms with van der Waals surface area (Å²) in [5, 5.41) is 1.05. The van der Waals surface area contributed by atoms with Crippen molar-refractivity contribution in [3.63, 3.8) is 0 Å². The van der Waals surface area contributed by atoms with Crippen molar-refractivity contribution in [1.82, 2.24) is 4.98 Å². The summed E-state index contributed by atoms with van der Waals surface area (Å²) in [6, 6.07) is 14.8. The second-order valence-electron chi connectivity index (χ2n) is 5.95. The van der Waals surface area contributed by atoms with Crippen LogP contribution in [0.4, 0.5) is 5.82 Å². The summed E-state index contributed by atoms with van der Waals surface area (Å²) in [4.78, 5) is 4.91. The molecule has 0 atom stereocenters. The molecule has 0 aliphatic carbocycles. The molecular formula is C18H15BrN2O2S. The topological polar surface area (TPSA) is 50.3 Å². The van der Waals surface area contributed by atoms with Gasteiger partial charge in [0.15, 0.2) is 0 Å². The Kier molecular flexibility index (Phi) is 3.62. The first kappa shape index (κ1) is 15.6. The molecule has 2 heterocycles. The van der Waals surface area contributed by atoms with Crippen LogP contribution in [0.25, 0.3) is 10.9 Å². The molecule has 2 aromatic carbocycles. The number of aryl methyl sites for hydroxylation is 1. The van der Waals surface area contributed by atoms with Crippen molar-refractivity contribution in [2.24, 2.45) is 0 Å². The van der Waals surface area contributed by atoms with E-state index in [9.17, 15) is 8.42 Å². The highest BCUT2D eigenvalue weighted by molar-refractivity contribution is 9.10. The van der Waals surface area contributed by atoms with Crippen LogP contribution in [0.15, 0.2) is 57.9 Å². The first-order valence-electron chi connectivity index (χ1n) is 7.64. The average Bonchev–Trinajstić information content (AvgIpc) is 2.96. The van der Waals surface area contributed by atoms with Crippen LogP contribution in [-0.4, -0.2) is 19.9 Å². The van der Waals surface area contributed by atoms with Gasteiger partial charge in [0.1, 0.15) is 5.82 Å². The van der Waals surface area contributed by atoms with Crippen LogP contribution in [-0.2, 0) is 16.4 Å². The maximum Gasteiger partial charge on any atom is 0.265 e. The highest BCUT2D eigenvalue weighted by atomic mass is 79.9. The van der Waals surface area contributed by atoms with Crippen molar-refractivity contribution in [3.05, 3.63) is 64.1 Å². The van der Waals surface area contributed by atoms with Gasteiger partial charge in [0.05, 0.1) is 10.4 Å². The molecule has 6 heteroatoms. The minimum Gasteiger partial charge on any atom is -0.249 e. The molecule has 0 fully saturated rings. The molecule has 0 unspecified atom stereocenters. The van der Waals surface area contributed by atoms with Gasteiger partial charge in [-0.15, -0.1) is 0 Å². The lowest BCUT2D eigenvalue weighted by molar-refractivity contribution is 0.592. The van der Waals surface area contributed by atoms with Crippen LogP contribution in [0.3, 0.4) is 0 Å². The lowest BCUT2D eigenvalue weighted by atomic mass is 10.1. The summed E-state index contributed by atoms with van der Waals surface area (Å²) in [6.45, 7) is 2.47. The number of halogens is 1. The van der Waals surface area contributed by atoms with Crippen molar-refractivity contribution in [2.45, 2.75) is 18.2 Å². The molecule has 0 amide bonds. The Bertz CT molecular complexity index is 1050. The third-order valence-corrected chi connectivity index (χ3v) is 6.58. The first-order chi connectivity index (χ1) is 11.4. The molecule has 0 radical (unpaired) electrons. The molecule has 4 nitrogen and oxygen atoms in total. The summed E-state index contributed by atoms with van der Waals surface area (Å²) in [5.74, 6) is 0.550. The molecule has 0 saturated heterocycles. The van der Waals surface area contributed by atoms with Gasteiger partial charge in [0.25, 0.3) is 10.0 Å². The van der Waals surface area contributed by atoms with E-state index in [1.165, 1.54) is 9.87 Å². The Morgan fingerprint density at radius 2 is 1.83 bits per heavy atom. The van der Waals surface area contributed by atoms with E-state index >= 15 is 0 Å². The Balaban J connectivity index is 1.83. The zero-order chi connectivity index (χ0) is 16.9. The lowest BCUT2D eigenvalue weighted by Crippen LogP contribution is -2.29. The Labute approximate surface area is 149 Å². The second kappa shape index (κ2) is 5.57. The molecule has 0 saturated carbocycles. The highest BCUT2D eigenvalue weighted by Gasteiger charge is 2.32. The van der Waals surface area contributed by atoms with Crippen LogP contribution in [0.1, 0.15) is 11.1 Å². The SMILES string of the molecule is Cc1ccc2nc3c(cc2c1)CCN3S(=O)(=O)c1ccc(Br)cc1. The minimum absolute atomic E-state index is 0.282. The van der Waals surface area contributed by atoms with E-state index in [-0.39, 0.29) is 4.90 Å². The molecule has 0 spiro atoms. The maximum atomic E-state index is 13.0. The second-order valence-corrected chi connectivity index (χ2v) is 8.73. The monoisotopic (exact) mass is 402 g/mol. The Hall–Kier alpha value is -1.92. The zero-order valence-electron chi connectivity index (χ0n) is 13.0. The summed E-state index contributed by atoms with van der Waals surface area (Å²) in [5.41, 5.74) is 2.97. The minimum atomic E-state index is -3.60. The quantitative estimate of drug-likeness (QED) is 0.649. The fourth-order valence-corrected chi connectivity index (χ4v) is 4.74. The van der Waals surface area contributed by atoms with Crippen molar-refractivity contribution < 1.29 is 8.42 Å². The predicted octanol–water partition coefficient (Wildman–Crippen LogP) is 4.06. The van der Waals surface area contributed by atoms with Gasteiger partial charge in [0, 0.05) is 16.4 Å². The molecule has 4 rings (SSSR count). The number of benzene rings is 2. The third kappa shape index (κ3) is 2.50. The summed E-state index contributed by atoms with van der Waals surface area (Å²) in [7, 11) is -3.60. The van der Waals surface area contributed by atoms with Crippen molar-refractivity contribution >= 4 is 42.7 Å². The predicted molar refractivity (Wildman–Crippen MR) is 98.9 cm³/mol. The number of rotatable bonds is 2. The first-order valence-corrected chi connectivity index (χ1v) is 9.87. The largest absolute Gasteiger partial charge is 0.265 e. The fraction of sp³-hybridized carbons (Fsp3) is 0.167. The van der Waals surface area contributed by atoms with Gasteiger partial charge >= 0.3 is 0 Å². The smallest absolute Gasteiger partial charge is 0.249 e. The maximum absolute atomic E-state index is 13.0. The third-order valence-electron chi connectivity index (χ3n) is 4.25. The van der Waals surface area contributed by atoms with Gasteiger partial charge in [0.2, 0.25) is 0 Å². The van der Waals surface area contributed by atoms with Gasteiger partial charge in [-0.3, -0.25) is 0 Å². The summed E-state index contributed by atoms with van der Waals surface area (Å²) >= 11 is 3.33. The standard InChI is InChI=1S/C18H15BrN2O2S/c1-12-2-7-17-14(10-12)11-13-8-9-21(18(13)20-17)24(22,23)16-5-3-15(19)4-6-16/h2-7,10-11H,8-9H2,1H3. The molecule has 1 aliphatic heterocycles. The normalized spacial score (nSPS) is 14.2. The van der Waals surface area contributed by atoms with Crippen LogP contribution >= 0.6 is 15.9 Å². The average molecular weight is 403 g/mol. The molecule has 1 aromatic heterocycles. The van der Waals surface area contributed by atoms with Crippen LogP contribution in [0.2, 0.25) is 0 Å². The van der Waals surface area contributed by atoms with Gasteiger partial charge in [-0.25, -0.2) is 17.7 Å². The zero-order valence-corrected chi connectivity index (χ0v) is 15.4. The molecular weight excluding hydrogens is 388 g/mol. The molecule has 122 valence electrons. The van der Waals surface area contributed by atoms with Crippen molar-refractivity contribution in [2.75, 3.05) is 10.8 Å². The number of pyridine rings is 1. The Morgan fingerprint density at radius 1 is 1.08 bits per heavy atom.